The first-order valence-electron chi connectivity index (χ1n) is 7.44. The summed E-state index contributed by atoms with van der Waals surface area (Å²) < 4.78 is 10.8. The molecule has 2 aromatic carbocycles. The van der Waals surface area contributed by atoms with Gasteiger partial charge in [0.25, 0.3) is 5.89 Å². The number of methoxy groups -OCH3 is 1. The molecular weight excluding hydrogens is 306 g/mol. The number of hydrogen-bond donors (Lipinski definition) is 1. The Morgan fingerprint density at radius 1 is 1.12 bits per heavy atom. The number of nitrogens with one attached hydrogen (secondary N) is 1. The number of carbonyl (C=O) groups excluding carboxylic acids is 1. The molecule has 6 heteroatoms. The molecule has 6 nitrogen and oxygen atoms in total. The number of benzene rings is 2. The van der Waals surface area contributed by atoms with Gasteiger partial charge in [0.1, 0.15) is 5.75 Å². The average molecular weight is 323 g/mol. The van der Waals surface area contributed by atoms with Gasteiger partial charge in [-0.2, -0.15) is 0 Å². The van der Waals surface area contributed by atoms with Gasteiger partial charge in [0.15, 0.2) is 0 Å². The number of hydrogen-bond acceptors (Lipinski definition) is 5. The van der Waals surface area contributed by atoms with Crippen molar-refractivity contribution in [3.8, 4) is 17.2 Å². The summed E-state index contributed by atoms with van der Waals surface area (Å²) in [6.07, 6.45) is 0. The predicted molar refractivity (Wildman–Crippen MR) is 90.2 cm³/mol. The van der Waals surface area contributed by atoms with Crippen LogP contribution in [0.15, 0.2) is 46.9 Å². The largest absolute Gasteiger partial charge is 0.496 e. The lowest BCUT2D eigenvalue weighted by Gasteiger charge is -2.07. The monoisotopic (exact) mass is 323 g/mol. The van der Waals surface area contributed by atoms with E-state index >= 15 is 0 Å². The molecule has 0 saturated carbocycles. The van der Waals surface area contributed by atoms with Gasteiger partial charge in [0, 0.05) is 5.69 Å². The second kappa shape index (κ2) is 6.54. The van der Waals surface area contributed by atoms with Gasteiger partial charge in [0.05, 0.1) is 12.7 Å². The highest BCUT2D eigenvalue weighted by atomic mass is 16.5. The van der Waals surface area contributed by atoms with Gasteiger partial charge in [-0.15, -0.1) is 10.2 Å². The van der Waals surface area contributed by atoms with E-state index in [2.05, 4.69) is 15.5 Å². The Bertz CT molecular complexity index is 887. The molecule has 0 bridgehead atoms. The van der Waals surface area contributed by atoms with Crippen molar-refractivity contribution in [2.45, 2.75) is 13.8 Å². The van der Waals surface area contributed by atoms with Crippen molar-refractivity contribution in [3.05, 3.63) is 59.5 Å². The first-order chi connectivity index (χ1) is 11.6. The van der Waals surface area contributed by atoms with Crippen LogP contribution in [0.2, 0.25) is 0 Å². The maximum Gasteiger partial charge on any atom is 0.313 e. The molecule has 3 rings (SSSR count). The second-order valence-electron chi connectivity index (χ2n) is 5.39. The Morgan fingerprint density at radius 2 is 1.92 bits per heavy atom. The van der Waals surface area contributed by atoms with Gasteiger partial charge in [-0.1, -0.05) is 29.8 Å². The molecule has 1 N–H and O–H groups in total. The molecule has 24 heavy (non-hydrogen) atoms. The van der Waals surface area contributed by atoms with Crippen LogP contribution in [0.5, 0.6) is 5.75 Å². The smallest absolute Gasteiger partial charge is 0.313 e. The van der Waals surface area contributed by atoms with Crippen LogP contribution in [-0.4, -0.2) is 23.2 Å². The van der Waals surface area contributed by atoms with Crippen molar-refractivity contribution >= 4 is 11.6 Å². The van der Waals surface area contributed by atoms with E-state index in [1.54, 1.807) is 19.2 Å². The number of para-hydroxylation sites is 1. The highest BCUT2D eigenvalue weighted by molar-refractivity contribution is 6.01. The predicted octanol–water partition coefficient (Wildman–Crippen LogP) is 3.61. The van der Waals surface area contributed by atoms with Crippen LogP contribution in [-0.2, 0) is 0 Å². The lowest BCUT2D eigenvalue weighted by Crippen LogP contribution is -2.13. The molecule has 1 amide bonds. The molecule has 0 radical (unpaired) electrons. The highest BCUT2D eigenvalue weighted by Crippen LogP contribution is 2.28. The Balaban J connectivity index is 1.83. The number of anilines is 1. The van der Waals surface area contributed by atoms with E-state index in [1.807, 2.05) is 44.2 Å². The quantitative estimate of drug-likeness (QED) is 0.793. The molecule has 3 aromatic rings. The maximum atomic E-state index is 12.3. The summed E-state index contributed by atoms with van der Waals surface area (Å²) in [6, 6.07) is 13.0. The molecular formula is C18H17N3O3. The van der Waals surface area contributed by atoms with E-state index < -0.39 is 5.91 Å². The van der Waals surface area contributed by atoms with Crippen molar-refractivity contribution in [1.29, 1.82) is 0 Å². The molecule has 0 spiro atoms. The molecule has 1 heterocycles. The normalized spacial score (nSPS) is 10.5. The number of rotatable bonds is 4. The van der Waals surface area contributed by atoms with E-state index in [0.29, 0.717) is 17.0 Å². The second-order valence-corrected chi connectivity index (χ2v) is 5.39. The zero-order chi connectivity index (χ0) is 17.1. The molecule has 1 aromatic heterocycles. The van der Waals surface area contributed by atoms with Crippen molar-refractivity contribution in [1.82, 2.24) is 10.2 Å². The third-order valence-electron chi connectivity index (χ3n) is 3.59. The molecule has 0 fully saturated rings. The van der Waals surface area contributed by atoms with Gasteiger partial charge in [-0.05, 0) is 37.6 Å². The minimum Gasteiger partial charge on any atom is -0.496 e. The number of aryl methyl sites for hydroxylation is 2. The van der Waals surface area contributed by atoms with Gasteiger partial charge in [0.2, 0.25) is 0 Å². The zero-order valence-electron chi connectivity index (χ0n) is 13.7. The number of ether oxygens (including phenoxy) is 1. The Hall–Kier alpha value is -3.15. The topological polar surface area (TPSA) is 77.2 Å². The van der Waals surface area contributed by atoms with Gasteiger partial charge in [-0.3, -0.25) is 4.79 Å². The zero-order valence-corrected chi connectivity index (χ0v) is 13.7. The van der Waals surface area contributed by atoms with Crippen molar-refractivity contribution in [2.75, 3.05) is 12.4 Å². The lowest BCUT2D eigenvalue weighted by molar-refractivity contribution is 0.0990. The fourth-order valence-corrected chi connectivity index (χ4v) is 2.37. The summed E-state index contributed by atoms with van der Waals surface area (Å²) in [5, 5.41) is 10.5. The summed E-state index contributed by atoms with van der Waals surface area (Å²) in [6.45, 7) is 3.92. The third kappa shape index (κ3) is 3.12. The standard InChI is InChI=1S/C18H17N3O3/c1-11-8-9-14(12(2)10-11)19-16(22)18-21-20-17(24-18)13-6-4-5-7-15(13)23-3/h4-10H,1-3H3,(H,19,22). The average Bonchev–Trinajstić information content (AvgIpc) is 3.07. The summed E-state index contributed by atoms with van der Waals surface area (Å²) in [4.78, 5) is 12.3. The van der Waals surface area contributed by atoms with Crippen LogP contribution in [0.1, 0.15) is 21.8 Å². The summed E-state index contributed by atoms with van der Waals surface area (Å²) >= 11 is 0. The first-order valence-corrected chi connectivity index (χ1v) is 7.44. The Kier molecular flexibility index (Phi) is 4.29. The van der Waals surface area contributed by atoms with Crippen molar-refractivity contribution in [2.24, 2.45) is 0 Å². The lowest BCUT2D eigenvalue weighted by atomic mass is 10.1. The van der Waals surface area contributed by atoms with Crippen LogP contribution in [0, 0.1) is 13.8 Å². The van der Waals surface area contributed by atoms with Gasteiger partial charge < -0.3 is 14.5 Å². The van der Waals surface area contributed by atoms with Gasteiger partial charge >= 0.3 is 11.8 Å². The van der Waals surface area contributed by atoms with Crippen LogP contribution in [0.25, 0.3) is 11.5 Å². The van der Waals surface area contributed by atoms with Crippen molar-refractivity contribution in [3.63, 3.8) is 0 Å². The van der Waals surface area contributed by atoms with E-state index in [9.17, 15) is 4.79 Å². The minimum atomic E-state index is -0.449. The fourth-order valence-electron chi connectivity index (χ4n) is 2.37. The van der Waals surface area contributed by atoms with Gasteiger partial charge in [-0.25, -0.2) is 0 Å². The summed E-state index contributed by atoms with van der Waals surface area (Å²) in [7, 11) is 1.56. The number of amides is 1. The van der Waals surface area contributed by atoms with Crippen LogP contribution < -0.4 is 10.1 Å². The maximum absolute atomic E-state index is 12.3. The molecule has 122 valence electrons. The first kappa shape index (κ1) is 15.7. The third-order valence-corrected chi connectivity index (χ3v) is 3.59. The van der Waals surface area contributed by atoms with E-state index in [0.717, 1.165) is 11.1 Å². The van der Waals surface area contributed by atoms with E-state index in [-0.39, 0.29) is 11.8 Å². The number of carbonyl (C=O) groups is 1. The molecule has 0 saturated heterocycles. The van der Waals surface area contributed by atoms with E-state index in [1.165, 1.54) is 0 Å². The van der Waals surface area contributed by atoms with Crippen LogP contribution >= 0.6 is 0 Å². The van der Waals surface area contributed by atoms with E-state index in [4.69, 9.17) is 9.15 Å². The van der Waals surface area contributed by atoms with Crippen molar-refractivity contribution < 1.29 is 13.9 Å². The Morgan fingerprint density at radius 3 is 2.67 bits per heavy atom. The van der Waals surface area contributed by atoms with Crippen LogP contribution in [0.3, 0.4) is 0 Å². The summed E-state index contributed by atoms with van der Waals surface area (Å²) in [5.74, 6) is 0.284. The van der Waals surface area contributed by atoms with Crippen LogP contribution in [0.4, 0.5) is 5.69 Å². The number of aromatic nitrogens is 2. The summed E-state index contributed by atoms with van der Waals surface area (Å²) in [5.41, 5.74) is 3.44. The molecule has 0 atom stereocenters. The number of nitrogens with zero attached hydrogens (tertiary/aromatic N) is 2. The Labute approximate surface area is 139 Å². The molecule has 0 aliphatic carbocycles. The SMILES string of the molecule is COc1ccccc1-c1nnc(C(=O)Nc2ccc(C)cc2C)o1. The molecule has 0 aliphatic heterocycles. The minimum absolute atomic E-state index is 0.101. The molecule has 0 unspecified atom stereocenters. The molecule has 0 aliphatic rings. The fraction of sp³-hybridized carbons (Fsp3) is 0.167. The highest BCUT2D eigenvalue weighted by Gasteiger charge is 2.18.